The zero-order chi connectivity index (χ0) is 20.3. The highest BCUT2D eigenvalue weighted by molar-refractivity contribution is 9.10. The Hall–Kier alpha value is -2.28. The number of hydrogen-bond acceptors (Lipinski definition) is 2. The van der Waals surface area contributed by atoms with Gasteiger partial charge in [0, 0.05) is 27.2 Å². The minimum atomic E-state index is -0.912. The van der Waals surface area contributed by atoms with Crippen molar-refractivity contribution in [3.05, 3.63) is 80.4 Å². The maximum Gasteiger partial charge on any atom is 0.303 e. The normalized spacial score (nSPS) is 10.7. The predicted octanol–water partition coefficient (Wildman–Crippen LogP) is 5.63. The number of carbonyl (C=O) groups is 2. The molecule has 1 amide bonds. The Bertz CT molecular complexity index is 1030. The lowest BCUT2D eigenvalue weighted by atomic mass is 10.1. The number of carboxylic acid groups (broad SMARTS) is 1. The van der Waals surface area contributed by atoms with Gasteiger partial charge in [-0.1, -0.05) is 51.3 Å². The van der Waals surface area contributed by atoms with Crippen LogP contribution in [-0.4, -0.2) is 21.7 Å². The molecule has 5 nitrogen and oxygen atoms in total. The van der Waals surface area contributed by atoms with E-state index in [1.54, 1.807) is 22.9 Å². The second kappa shape index (κ2) is 8.82. The van der Waals surface area contributed by atoms with Gasteiger partial charge in [0.15, 0.2) is 0 Å². The van der Waals surface area contributed by atoms with Crippen molar-refractivity contribution < 1.29 is 14.7 Å². The standard InChI is InChI=1S/C20H15BrCl2N2O3/c21-13-3-1-12(2-4-13)18-9-6-15(7-10-19(26)27)25(18)24-20(28)16-8-5-14(22)11-17(16)23/h1-6,8-9,11H,7,10H2,(H,24,28)(H,26,27). The number of hydrogen-bond donors (Lipinski definition) is 2. The third-order valence-corrected chi connectivity index (χ3v) is 5.16. The van der Waals surface area contributed by atoms with E-state index < -0.39 is 11.9 Å². The number of carboxylic acids is 1. The summed E-state index contributed by atoms with van der Waals surface area (Å²) in [5.41, 5.74) is 5.35. The van der Waals surface area contributed by atoms with Crippen molar-refractivity contribution in [2.45, 2.75) is 12.8 Å². The zero-order valence-electron chi connectivity index (χ0n) is 14.5. The molecule has 0 unspecified atom stereocenters. The molecule has 2 aromatic carbocycles. The summed E-state index contributed by atoms with van der Waals surface area (Å²) in [5.74, 6) is -1.34. The molecule has 0 radical (unpaired) electrons. The van der Waals surface area contributed by atoms with E-state index in [1.165, 1.54) is 6.07 Å². The van der Waals surface area contributed by atoms with Crippen molar-refractivity contribution in [3.63, 3.8) is 0 Å². The number of amides is 1. The second-order valence-electron chi connectivity index (χ2n) is 6.01. The minimum absolute atomic E-state index is 0.0542. The largest absolute Gasteiger partial charge is 0.481 e. The molecule has 0 aliphatic rings. The molecular formula is C20H15BrCl2N2O3. The fourth-order valence-corrected chi connectivity index (χ4v) is 3.48. The van der Waals surface area contributed by atoms with Crippen LogP contribution in [0.1, 0.15) is 22.5 Å². The number of nitrogens with zero attached hydrogens (tertiary/aromatic N) is 1. The Kier molecular flexibility index (Phi) is 6.44. The van der Waals surface area contributed by atoms with Gasteiger partial charge in [-0.25, -0.2) is 0 Å². The summed E-state index contributed by atoms with van der Waals surface area (Å²) >= 11 is 15.4. The third kappa shape index (κ3) is 4.76. The van der Waals surface area contributed by atoms with Crippen LogP contribution in [0.15, 0.2) is 59.1 Å². The highest BCUT2D eigenvalue weighted by atomic mass is 79.9. The molecule has 0 atom stereocenters. The topological polar surface area (TPSA) is 71.3 Å². The molecule has 8 heteroatoms. The Morgan fingerprint density at radius 3 is 2.39 bits per heavy atom. The quantitative estimate of drug-likeness (QED) is 0.479. The molecule has 1 aromatic heterocycles. The van der Waals surface area contributed by atoms with Crippen molar-refractivity contribution in [2.75, 3.05) is 5.43 Å². The first-order valence-corrected chi connectivity index (χ1v) is 9.85. The molecular weight excluding hydrogens is 467 g/mol. The monoisotopic (exact) mass is 480 g/mol. The summed E-state index contributed by atoms with van der Waals surface area (Å²) in [4.78, 5) is 23.8. The number of halogens is 3. The van der Waals surface area contributed by atoms with Gasteiger partial charge >= 0.3 is 5.97 Å². The number of benzene rings is 2. The molecule has 0 aliphatic carbocycles. The van der Waals surface area contributed by atoms with Crippen LogP contribution in [0.3, 0.4) is 0 Å². The van der Waals surface area contributed by atoms with E-state index in [9.17, 15) is 9.59 Å². The average Bonchev–Trinajstić information content (AvgIpc) is 3.03. The first-order chi connectivity index (χ1) is 13.3. The van der Waals surface area contributed by atoms with Crippen LogP contribution < -0.4 is 5.43 Å². The first-order valence-electron chi connectivity index (χ1n) is 8.30. The molecule has 0 saturated heterocycles. The van der Waals surface area contributed by atoms with Crippen LogP contribution in [0.25, 0.3) is 11.3 Å². The average molecular weight is 482 g/mol. The van der Waals surface area contributed by atoms with E-state index >= 15 is 0 Å². The molecule has 0 fully saturated rings. The molecule has 144 valence electrons. The molecule has 3 aromatic rings. The van der Waals surface area contributed by atoms with E-state index in [-0.39, 0.29) is 23.4 Å². The van der Waals surface area contributed by atoms with Crippen LogP contribution in [0.5, 0.6) is 0 Å². The highest BCUT2D eigenvalue weighted by Crippen LogP contribution is 2.26. The first kappa shape index (κ1) is 20.5. The van der Waals surface area contributed by atoms with E-state index in [0.717, 1.165) is 15.7 Å². The Labute approximate surface area is 180 Å². The Morgan fingerprint density at radius 1 is 1.04 bits per heavy atom. The molecule has 28 heavy (non-hydrogen) atoms. The van der Waals surface area contributed by atoms with Gasteiger partial charge in [0.1, 0.15) is 0 Å². The highest BCUT2D eigenvalue weighted by Gasteiger charge is 2.16. The van der Waals surface area contributed by atoms with Crippen molar-refractivity contribution >= 4 is 51.0 Å². The lowest BCUT2D eigenvalue weighted by Crippen LogP contribution is -2.25. The molecule has 2 N–H and O–H groups in total. The van der Waals surface area contributed by atoms with Crippen molar-refractivity contribution in [2.24, 2.45) is 0 Å². The van der Waals surface area contributed by atoms with Gasteiger partial charge in [-0.2, -0.15) is 0 Å². The summed E-state index contributed by atoms with van der Waals surface area (Å²) in [6.07, 6.45) is 0.210. The fraction of sp³-hybridized carbons (Fsp3) is 0.100. The second-order valence-corrected chi connectivity index (χ2v) is 7.77. The van der Waals surface area contributed by atoms with Crippen LogP contribution >= 0.6 is 39.1 Å². The van der Waals surface area contributed by atoms with E-state index in [0.29, 0.717) is 10.7 Å². The summed E-state index contributed by atoms with van der Waals surface area (Å²) in [6, 6.07) is 15.8. The zero-order valence-corrected chi connectivity index (χ0v) is 17.6. The van der Waals surface area contributed by atoms with E-state index in [4.69, 9.17) is 28.3 Å². The van der Waals surface area contributed by atoms with Crippen LogP contribution in [0.4, 0.5) is 0 Å². The van der Waals surface area contributed by atoms with E-state index in [1.807, 2.05) is 30.3 Å². The van der Waals surface area contributed by atoms with Gasteiger partial charge in [-0.15, -0.1) is 0 Å². The van der Waals surface area contributed by atoms with Crippen molar-refractivity contribution in [3.8, 4) is 11.3 Å². The Balaban J connectivity index is 1.98. The van der Waals surface area contributed by atoms with Crippen LogP contribution in [0, 0.1) is 0 Å². The predicted molar refractivity (Wildman–Crippen MR) is 114 cm³/mol. The smallest absolute Gasteiger partial charge is 0.303 e. The lowest BCUT2D eigenvalue weighted by molar-refractivity contribution is -0.136. The van der Waals surface area contributed by atoms with Gasteiger partial charge in [-0.3, -0.25) is 19.7 Å². The van der Waals surface area contributed by atoms with Gasteiger partial charge in [-0.05, 0) is 42.5 Å². The Morgan fingerprint density at radius 2 is 1.75 bits per heavy atom. The summed E-state index contributed by atoms with van der Waals surface area (Å²) in [7, 11) is 0. The number of aryl methyl sites for hydroxylation is 1. The minimum Gasteiger partial charge on any atom is -0.481 e. The number of aliphatic carboxylic acids is 1. The SMILES string of the molecule is O=C(O)CCc1ccc(-c2ccc(Br)cc2)n1NC(=O)c1ccc(Cl)cc1Cl. The maximum atomic E-state index is 12.8. The summed E-state index contributed by atoms with van der Waals surface area (Å²) < 4.78 is 2.52. The molecule has 1 heterocycles. The van der Waals surface area contributed by atoms with Gasteiger partial charge in [0.2, 0.25) is 0 Å². The van der Waals surface area contributed by atoms with Crippen LogP contribution in [-0.2, 0) is 11.2 Å². The molecule has 0 spiro atoms. The lowest BCUT2D eigenvalue weighted by Gasteiger charge is -2.15. The summed E-state index contributed by atoms with van der Waals surface area (Å²) in [5, 5.41) is 9.67. The number of aromatic nitrogens is 1. The van der Waals surface area contributed by atoms with Gasteiger partial charge < -0.3 is 5.11 Å². The molecule has 0 bridgehead atoms. The fourth-order valence-electron chi connectivity index (χ4n) is 2.72. The maximum absolute atomic E-state index is 12.8. The van der Waals surface area contributed by atoms with Gasteiger partial charge in [0.05, 0.1) is 22.7 Å². The molecule has 0 aliphatic heterocycles. The van der Waals surface area contributed by atoms with E-state index in [2.05, 4.69) is 21.4 Å². The van der Waals surface area contributed by atoms with Crippen LogP contribution in [0.2, 0.25) is 10.0 Å². The summed E-state index contributed by atoms with van der Waals surface area (Å²) in [6.45, 7) is 0. The number of nitrogens with one attached hydrogen (secondary N) is 1. The molecule has 3 rings (SSSR count). The third-order valence-electron chi connectivity index (χ3n) is 4.09. The molecule has 0 saturated carbocycles. The number of carbonyl (C=O) groups excluding carboxylic acids is 1. The number of rotatable bonds is 6. The van der Waals surface area contributed by atoms with Gasteiger partial charge in [0.25, 0.3) is 5.91 Å². The van der Waals surface area contributed by atoms with Crippen molar-refractivity contribution in [1.29, 1.82) is 0 Å². The van der Waals surface area contributed by atoms with Crippen molar-refractivity contribution in [1.82, 2.24) is 4.68 Å².